The molecule has 0 heterocycles. The average Bonchev–Trinajstić information content (AvgIpc) is 2.65. The molecule has 27 heavy (non-hydrogen) atoms. The number of hydrogen-bond donors (Lipinski definition) is 0. The normalized spacial score (nSPS) is 17.6. The lowest BCUT2D eigenvalue weighted by molar-refractivity contribution is -0.194. The van der Waals surface area contributed by atoms with Gasteiger partial charge in [-0.05, 0) is 25.7 Å². The Kier molecular flexibility index (Phi) is 8.23. The molecule has 0 N–H and O–H groups in total. The van der Waals surface area contributed by atoms with Gasteiger partial charge in [0.1, 0.15) is 6.04 Å². The average molecular weight is 395 g/mol. The summed E-state index contributed by atoms with van der Waals surface area (Å²) in [4.78, 5) is 47.8. The summed E-state index contributed by atoms with van der Waals surface area (Å²) in [7, 11) is 1.86. The van der Waals surface area contributed by atoms with Gasteiger partial charge in [-0.2, -0.15) is 13.2 Å². The maximum atomic E-state index is 13.2. The van der Waals surface area contributed by atoms with Gasteiger partial charge in [-0.3, -0.25) is 9.59 Å². The maximum Gasteiger partial charge on any atom is 0.471 e. The number of halogens is 3. The van der Waals surface area contributed by atoms with Gasteiger partial charge in [0, 0.05) is 12.5 Å². The van der Waals surface area contributed by atoms with Crippen LogP contribution in [0.15, 0.2) is 0 Å². The molecule has 0 unspecified atom stereocenters. The number of ketones is 1. The highest BCUT2D eigenvalue weighted by Gasteiger charge is 2.50. The SMILES string of the molecule is COC(=O)C(=O)C[C@@H](C(=O)OC)N(C(=O)C(F)(F)F)[C@H](C)C1CCCCC1. The molecule has 0 bridgehead atoms. The highest BCUT2D eigenvalue weighted by Crippen LogP contribution is 2.33. The molecule has 0 aliphatic heterocycles. The van der Waals surface area contributed by atoms with Gasteiger partial charge in [0.05, 0.1) is 14.2 Å². The number of nitrogens with zero attached hydrogens (tertiary/aromatic N) is 1. The predicted octanol–water partition coefficient (Wildman–Crippen LogP) is 2.02. The van der Waals surface area contributed by atoms with E-state index < -0.39 is 48.3 Å². The molecule has 10 heteroatoms. The first kappa shape index (κ1) is 22.9. The molecule has 1 amide bonds. The van der Waals surface area contributed by atoms with Crippen LogP contribution in [0.1, 0.15) is 45.4 Å². The van der Waals surface area contributed by atoms with Crippen molar-refractivity contribution in [1.29, 1.82) is 0 Å². The highest BCUT2D eigenvalue weighted by atomic mass is 19.4. The summed E-state index contributed by atoms with van der Waals surface area (Å²) in [6.45, 7) is 1.41. The van der Waals surface area contributed by atoms with E-state index in [1.807, 2.05) is 0 Å². The molecule has 1 rings (SSSR count). The fourth-order valence-electron chi connectivity index (χ4n) is 3.40. The molecule has 154 valence electrons. The van der Waals surface area contributed by atoms with Crippen molar-refractivity contribution >= 4 is 23.6 Å². The molecule has 1 aliphatic carbocycles. The molecule has 0 aromatic heterocycles. The predicted molar refractivity (Wildman–Crippen MR) is 86.4 cm³/mol. The van der Waals surface area contributed by atoms with Gasteiger partial charge >= 0.3 is 24.0 Å². The minimum atomic E-state index is -5.25. The van der Waals surface area contributed by atoms with Gasteiger partial charge in [0.15, 0.2) is 0 Å². The number of rotatable bonds is 7. The van der Waals surface area contributed by atoms with Crippen molar-refractivity contribution in [3.63, 3.8) is 0 Å². The lowest BCUT2D eigenvalue weighted by atomic mass is 9.83. The summed E-state index contributed by atoms with van der Waals surface area (Å²) in [6.07, 6.45) is -2.46. The number of esters is 2. The van der Waals surface area contributed by atoms with Crippen LogP contribution in [0, 0.1) is 5.92 Å². The molecule has 0 spiro atoms. The molecule has 7 nitrogen and oxygen atoms in total. The number of hydrogen-bond acceptors (Lipinski definition) is 6. The summed E-state index contributed by atoms with van der Waals surface area (Å²) >= 11 is 0. The van der Waals surface area contributed by atoms with E-state index in [4.69, 9.17) is 0 Å². The van der Waals surface area contributed by atoms with Gasteiger partial charge in [-0.25, -0.2) is 9.59 Å². The number of carbonyl (C=O) groups excluding carboxylic acids is 4. The summed E-state index contributed by atoms with van der Waals surface area (Å²) in [6, 6.07) is -2.83. The molecule has 2 atom stereocenters. The number of alkyl halides is 3. The van der Waals surface area contributed by atoms with Gasteiger partial charge < -0.3 is 14.4 Å². The fraction of sp³-hybridized carbons (Fsp3) is 0.765. The zero-order valence-electron chi connectivity index (χ0n) is 15.5. The van der Waals surface area contributed by atoms with E-state index in [1.54, 1.807) is 0 Å². The third kappa shape index (κ3) is 5.93. The Morgan fingerprint density at radius 3 is 2.04 bits per heavy atom. The first-order valence-electron chi connectivity index (χ1n) is 8.63. The molecule has 1 fully saturated rings. The quantitative estimate of drug-likeness (QED) is 0.484. The highest BCUT2D eigenvalue weighted by molar-refractivity contribution is 6.34. The van der Waals surface area contributed by atoms with Crippen LogP contribution in [-0.4, -0.2) is 61.0 Å². The second-order valence-corrected chi connectivity index (χ2v) is 6.51. The Balaban J connectivity index is 3.27. The Morgan fingerprint density at radius 2 is 1.59 bits per heavy atom. The van der Waals surface area contributed by atoms with Gasteiger partial charge in [-0.1, -0.05) is 19.3 Å². The smallest absolute Gasteiger partial charge is 0.467 e. The van der Waals surface area contributed by atoms with Crippen LogP contribution in [0.2, 0.25) is 0 Å². The van der Waals surface area contributed by atoms with Crippen molar-refractivity contribution in [1.82, 2.24) is 4.90 Å². The van der Waals surface area contributed by atoms with Crippen LogP contribution in [0.4, 0.5) is 13.2 Å². The minimum absolute atomic E-state index is 0.259. The number of Topliss-reactive ketones (excluding diaryl/α,β-unsaturated/α-hetero) is 1. The van der Waals surface area contributed by atoms with Gasteiger partial charge in [-0.15, -0.1) is 0 Å². The van der Waals surface area contributed by atoms with Gasteiger partial charge in [0.2, 0.25) is 5.78 Å². The second-order valence-electron chi connectivity index (χ2n) is 6.51. The zero-order chi connectivity index (χ0) is 20.8. The molecule has 0 aromatic rings. The van der Waals surface area contributed by atoms with Crippen LogP contribution >= 0.6 is 0 Å². The number of methoxy groups -OCH3 is 2. The van der Waals surface area contributed by atoms with Crippen LogP contribution < -0.4 is 0 Å². The third-order valence-electron chi connectivity index (χ3n) is 4.85. The molecule has 0 aromatic carbocycles. The molecule has 1 saturated carbocycles. The maximum absolute atomic E-state index is 13.2. The molecular formula is C17H24F3NO6. The molecule has 1 aliphatic rings. The van der Waals surface area contributed by atoms with Crippen molar-refractivity contribution in [3.05, 3.63) is 0 Å². The Hall–Kier alpha value is -2.13. The third-order valence-corrected chi connectivity index (χ3v) is 4.85. The molecule has 0 saturated heterocycles. The summed E-state index contributed by atoms with van der Waals surface area (Å²) in [5.74, 6) is -6.23. The monoisotopic (exact) mass is 395 g/mol. The fourth-order valence-corrected chi connectivity index (χ4v) is 3.40. The van der Waals surface area contributed by atoms with E-state index in [0.717, 1.165) is 33.5 Å². The topological polar surface area (TPSA) is 90.0 Å². The van der Waals surface area contributed by atoms with Crippen molar-refractivity contribution in [2.45, 2.75) is 63.7 Å². The van der Waals surface area contributed by atoms with E-state index in [1.165, 1.54) is 6.92 Å². The molecule has 0 radical (unpaired) electrons. The van der Waals surface area contributed by atoms with Crippen LogP contribution in [0.3, 0.4) is 0 Å². The lowest BCUT2D eigenvalue weighted by Gasteiger charge is -2.40. The van der Waals surface area contributed by atoms with Crippen LogP contribution in [0.5, 0.6) is 0 Å². The van der Waals surface area contributed by atoms with Gasteiger partial charge in [0.25, 0.3) is 0 Å². The molecular weight excluding hydrogens is 371 g/mol. The van der Waals surface area contributed by atoms with Crippen molar-refractivity contribution in [3.8, 4) is 0 Å². The first-order valence-corrected chi connectivity index (χ1v) is 8.63. The Morgan fingerprint density at radius 1 is 1.04 bits per heavy atom. The van der Waals surface area contributed by atoms with E-state index in [0.29, 0.717) is 17.7 Å². The first-order chi connectivity index (χ1) is 12.5. The van der Waals surface area contributed by atoms with E-state index in [2.05, 4.69) is 9.47 Å². The zero-order valence-corrected chi connectivity index (χ0v) is 15.5. The van der Waals surface area contributed by atoms with Crippen molar-refractivity contribution < 1.29 is 41.8 Å². The standard InChI is InChI=1S/C17H24F3NO6/c1-10(11-7-5-4-6-8-11)21(16(25)17(18,19)20)12(14(23)26-2)9-13(22)15(24)27-3/h10-12H,4-9H2,1-3H3/t10-,12+/m1/s1. The minimum Gasteiger partial charge on any atom is -0.467 e. The van der Waals surface area contributed by atoms with Crippen molar-refractivity contribution in [2.24, 2.45) is 5.92 Å². The number of ether oxygens (including phenoxy) is 2. The van der Waals surface area contributed by atoms with Crippen molar-refractivity contribution in [2.75, 3.05) is 14.2 Å². The summed E-state index contributed by atoms with van der Waals surface area (Å²) in [5, 5.41) is 0. The second kappa shape index (κ2) is 9.70. The Bertz CT molecular complexity index is 572. The van der Waals surface area contributed by atoms with E-state index >= 15 is 0 Å². The number of carbonyl (C=O) groups is 4. The largest absolute Gasteiger partial charge is 0.471 e. The van der Waals surface area contributed by atoms with Crippen LogP contribution in [-0.2, 0) is 28.7 Å². The Labute approximate surface area is 155 Å². The van der Waals surface area contributed by atoms with Crippen LogP contribution in [0.25, 0.3) is 0 Å². The van der Waals surface area contributed by atoms with E-state index in [-0.39, 0.29) is 5.92 Å². The lowest BCUT2D eigenvalue weighted by Crippen LogP contribution is -2.57. The van der Waals surface area contributed by atoms with E-state index in [9.17, 15) is 32.3 Å². The summed E-state index contributed by atoms with van der Waals surface area (Å²) in [5.41, 5.74) is 0. The summed E-state index contributed by atoms with van der Waals surface area (Å²) < 4.78 is 48.3. The number of amides is 1.